The number of halogens is 4. The standard InChI is InChI=1S/C18H25ClF3N5O/c1-23-17(26-15-8-10-27(11-15)12-18(20,21)22)24-9-2-3-16(28)25-14-6-4-13(19)5-7-14/h4-7,15H,2-3,8-12H2,1H3,(H,25,28)(H2,23,24,26). The minimum absolute atomic E-state index is 0.0817. The summed E-state index contributed by atoms with van der Waals surface area (Å²) >= 11 is 5.80. The van der Waals surface area contributed by atoms with Crippen molar-refractivity contribution < 1.29 is 18.0 Å². The predicted molar refractivity (Wildman–Crippen MR) is 105 cm³/mol. The van der Waals surface area contributed by atoms with Crippen molar-refractivity contribution in [3.8, 4) is 0 Å². The Kier molecular flexibility index (Phi) is 8.37. The Balaban J connectivity index is 1.63. The van der Waals surface area contributed by atoms with Crippen LogP contribution in [-0.2, 0) is 4.79 Å². The molecule has 10 heteroatoms. The Morgan fingerprint density at radius 3 is 2.68 bits per heavy atom. The molecule has 156 valence electrons. The number of alkyl halides is 3. The Bertz CT molecular complexity index is 666. The molecule has 1 aliphatic heterocycles. The number of aliphatic imine (C=N–C) groups is 1. The van der Waals surface area contributed by atoms with Crippen LogP contribution in [0.1, 0.15) is 19.3 Å². The average Bonchev–Trinajstić information content (AvgIpc) is 3.04. The fraction of sp³-hybridized carbons (Fsp3) is 0.556. The number of guanidine groups is 1. The summed E-state index contributed by atoms with van der Waals surface area (Å²) in [6.07, 6.45) is -2.64. The molecule has 2 rings (SSSR count). The van der Waals surface area contributed by atoms with Crippen LogP contribution in [0.5, 0.6) is 0 Å². The van der Waals surface area contributed by atoms with Gasteiger partial charge in [0.25, 0.3) is 0 Å². The zero-order valence-corrected chi connectivity index (χ0v) is 16.4. The van der Waals surface area contributed by atoms with Gasteiger partial charge in [-0.3, -0.25) is 14.7 Å². The zero-order chi connectivity index (χ0) is 20.6. The number of amides is 1. The number of hydrogen-bond donors (Lipinski definition) is 3. The Morgan fingerprint density at radius 2 is 2.04 bits per heavy atom. The van der Waals surface area contributed by atoms with Crippen molar-refractivity contribution in [2.45, 2.75) is 31.5 Å². The Labute approximate surface area is 167 Å². The normalized spacial score (nSPS) is 18.2. The van der Waals surface area contributed by atoms with Crippen molar-refractivity contribution in [2.75, 3.05) is 38.5 Å². The summed E-state index contributed by atoms with van der Waals surface area (Å²) < 4.78 is 37.4. The van der Waals surface area contributed by atoms with Gasteiger partial charge in [-0.05, 0) is 37.1 Å². The van der Waals surface area contributed by atoms with Gasteiger partial charge in [-0.1, -0.05) is 11.6 Å². The number of anilines is 1. The lowest BCUT2D eigenvalue weighted by molar-refractivity contribution is -0.143. The van der Waals surface area contributed by atoms with Gasteiger partial charge in [-0.25, -0.2) is 0 Å². The van der Waals surface area contributed by atoms with Gasteiger partial charge in [0.2, 0.25) is 5.91 Å². The first-order valence-electron chi connectivity index (χ1n) is 9.07. The highest BCUT2D eigenvalue weighted by Crippen LogP contribution is 2.20. The molecule has 1 atom stereocenters. The molecule has 0 radical (unpaired) electrons. The van der Waals surface area contributed by atoms with Gasteiger partial charge < -0.3 is 16.0 Å². The van der Waals surface area contributed by atoms with E-state index in [1.54, 1.807) is 31.3 Å². The van der Waals surface area contributed by atoms with Gasteiger partial charge in [0.1, 0.15) is 0 Å². The third-order valence-corrected chi connectivity index (χ3v) is 4.49. The summed E-state index contributed by atoms with van der Waals surface area (Å²) in [5, 5.41) is 9.60. The predicted octanol–water partition coefficient (Wildman–Crippen LogP) is 2.86. The first-order chi connectivity index (χ1) is 13.2. The van der Waals surface area contributed by atoms with Gasteiger partial charge in [-0.2, -0.15) is 13.2 Å². The molecule has 0 spiro atoms. The van der Waals surface area contributed by atoms with Crippen LogP contribution in [0.15, 0.2) is 29.3 Å². The van der Waals surface area contributed by atoms with E-state index < -0.39 is 12.7 Å². The molecule has 1 aromatic carbocycles. The second kappa shape index (κ2) is 10.5. The van der Waals surface area contributed by atoms with E-state index in [-0.39, 0.29) is 11.9 Å². The lowest BCUT2D eigenvalue weighted by Crippen LogP contribution is -2.45. The molecule has 0 saturated carbocycles. The molecule has 1 aliphatic rings. The van der Waals surface area contributed by atoms with E-state index in [1.165, 1.54) is 4.90 Å². The van der Waals surface area contributed by atoms with E-state index in [0.717, 1.165) is 0 Å². The van der Waals surface area contributed by atoms with Crippen molar-refractivity contribution >= 4 is 29.2 Å². The first kappa shape index (κ1) is 22.3. The summed E-state index contributed by atoms with van der Waals surface area (Å²) in [7, 11) is 1.60. The van der Waals surface area contributed by atoms with Crippen LogP contribution in [0, 0.1) is 0 Å². The molecule has 0 aliphatic carbocycles. The zero-order valence-electron chi connectivity index (χ0n) is 15.7. The fourth-order valence-electron chi connectivity index (χ4n) is 2.95. The lowest BCUT2D eigenvalue weighted by Gasteiger charge is -2.19. The fourth-order valence-corrected chi connectivity index (χ4v) is 3.07. The van der Waals surface area contributed by atoms with Crippen molar-refractivity contribution in [1.82, 2.24) is 15.5 Å². The number of carbonyl (C=O) groups is 1. The number of likely N-dealkylation sites (tertiary alicyclic amines) is 1. The molecular formula is C18H25ClF3N5O. The molecule has 1 fully saturated rings. The third-order valence-electron chi connectivity index (χ3n) is 4.24. The first-order valence-corrected chi connectivity index (χ1v) is 9.44. The van der Waals surface area contributed by atoms with Crippen molar-refractivity contribution in [3.05, 3.63) is 29.3 Å². The molecule has 1 unspecified atom stereocenters. The van der Waals surface area contributed by atoms with E-state index in [9.17, 15) is 18.0 Å². The Morgan fingerprint density at radius 1 is 1.32 bits per heavy atom. The Hall–Kier alpha value is -2.00. The topological polar surface area (TPSA) is 68.8 Å². The molecule has 1 saturated heterocycles. The van der Waals surface area contributed by atoms with Crippen molar-refractivity contribution in [1.29, 1.82) is 0 Å². The number of carbonyl (C=O) groups excluding carboxylic acids is 1. The summed E-state index contributed by atoms with van der Waals surface area (Å²) in [5.74, 6) is 0.419. The molecule has 0 bridgehead atoms. The summed E-state index contributed by atoms with van der Waals surface area (Å²) in [6.45, 7) is 0.357. The van der Waals surface area contributed by atoms with Crippen LogP contribution in [0.3, 0.4) is 0 Å². The number of nitrogens with zero attached hydrogens (tertiary/aromatic N) is 2. The van der Waals surface area contributed by atoms with Crippen LogP contribution in [0.2, 0.25) is 5.02 Å². The summed E-state index contributed by atoms with van der Waals surface area (Å²) in [6, 6.07) is 6.78. The molecule has 1 heterocycles. The molecule has 3 N–H and O–H groups in total. The third kappa shape index (κ3) is 8.35. The molecule has 28 heavy (non-hydrogen) atoms. The monoisotopic (exact) mass is 419 g/mol. The number of nitrogens with one attached hydrogen (secondary N) is 3. The quantitative estimate of drug-likeness (QED) is 0.361. The van der Waals surface area contributed by atoms with Crippen LogP contribution in [0.4, 0.5) is 18.9 Å². The number of hydrogen-bond acceptors (Lipinski definition) is 3. The molecular weight excluding hydrogens is 395 g/mol. The second-order valence-electron chi connectivity index (χ2n) is 6.64. The van der Waals surface area contributed by atoms with E-state index >= 15 is 0 Å². The van der Waals surface area contributed by atoms with Gasteiger partial charge in [0, 0.05) is 49.9 Å². The van der Waals surface area contributed by atoms with Gasteiger partial charge in [0.15, 0.2) is 5.96 Å². The molecule has 0 aromatic heterocycles. The van der Waals surface area contributed by atoms with E-state index in [1.807, 2.05) is 0 Å². The number of benzene rings is 1. The average molecular weight is 420 g/mol. The lowest BCUT2D eigenvalue weighted by atomic mass is 10.2. The van der Waals surface area contributed by atoms with Crippen molar-refractivity contribution in [3.63, 3.8) is 0 Å². The molecule has 6 nitrogen and oxygen atoms in total. The van der Waals surface area contributed by atoms with Crippen LogP contribution in [0.25, 0.3) is 0 Å². The van der Waals surface area contributed by atoms with E-state index in [0.29, 0.717) is 55.6 Å². The highest BCUT2D eigenvalue weighted by Gasteiger charge is 2.34. The maximum absolute atomic E-state index is 12.5. The van der Waals surface area contributed by atoms with E-state index in [2.05, 4.69) is 20.9 Å². The highest BCUT2D eigenvalue weighted by atomic mass is 35.5. The van der Waals surface area contributed by atoms with Crippen LogP contribution in [-0.4, -0.2) is 62.2 Å². The van der Waals surface area contributed by atoms with Crippen molar-refractivity contribution in [2.24, 2.45) is 4.99 Å². The van der Waals surface area contributed by atoms with Crippen LogP contribution < -0.4 is 16.0 Å². The summed E-state index contributed by atoms with van der Waals surface area (Å²) in [5.41, 5.74) is 0.685. The van der Waals surface area contributed by atoms with Crippen LogP contribution >= 0.6 is 11.6 Å². The van der Waals surface area contributed by atoms with Gasteiger partial charge >= 0.3 is 6.18 Å². The second-order valence-corrected chi connectivity index (χ2v) is 7.07. The number of rotatable bonds is 7. The maximum atomic E-state index is 12.5. The highest BCUT2D eigenvalue weighted by molar-refractivity contribution is 6.30. The van der Waals surface area contributed by atoms with Gasteiger partial charge in [-0.15, -0.1) is 0 Å². The van der Waals surface area contributed by atoms with Gasteiger partial charge in [0.05, 0.1) is 6.54 Å². The van der Waals surface area contributed by atoms with E-state index in [4.69, 9.17) is 11.6 Å². The minimum atomic E-state index is -4.18. The molecule has 1 aromatic rings. The minimum Gasteiger partial charge on any atom is -0.356 e. The SMILES string of the molecule is CN=C(NCCCC(=O)Nc1ccc(Cl)cc1)NC1CCN(CC(F)(F)F)C1. The molecule has 1 amide bonds. The largest absolute Gasteiger partial charge is 0.401 e. The summed E-state index contributed by atoms with van der Waals surface area (Å²) in [4.78, 5) is 17.4. The maximum Gasteiger partial charge on any atom is 0.401 e. The smallest absolute Gasteiger partial charge is 0.356 e.